The van der Waals surface area contributed by atoms with Crippen molar-refractivity contribution in [3.05, 3.63) is 35.9 Å². The Kier molecular flexibility index (Phi) is 9.36. The van der Waals surface area contributed by atoms with E-state index in [0.717, 1.165) is 18.5 Å². The fraction of sp³-hybridized carbons (Fsp3) is 0.600. The summed E-state index contributed by atoms with van der Waals surface area (Å²) in [6.07, 6.45) is 0.267. The number of unbranched alkanes of at least 4 members (excludes halogenated alkanes) is 1. The molecule has 5 N–H and O–H groups in total. The lowest BCUT2D eigenvalue weighted by molar-refractivity contribution is -0.118. The highest BCUT2D eigenvalue weighted by molar-refractivity contribution is 5.84. The highest BCUT2D eigenvalue weighted by Gasteiger charge is 2.34. The van der Waals surface area contributed by atoms with Crippen molar-refractivity contribution in [2.45, 2.75) is 38.1 Å². The lowest BCUT2D eigenvalue weighted by Gasteiger charge is -2.39. The van der Waals surface area contributed by atoms with Gasteiger partial charge < -0.3 is 30.9 Å². The molecule has 2 rings (SSSR count). The number of piperidine rings is 1. The van der Waals surface area contributed by atoms with Crippen molar-refractivity contribution in [1.82, 2.24) is 10.2 Å². The number of β-amino-alcohol motifs (C(OH)–C–C–N with tert-alkyl or cyclic N) is 1. The number of nitrogens with zero attached hydrogens (tertiary/aromatic N) is 1. The number of rotatable bonds is 11. The average Bonchev–Trinajstić information content (AvgIpc) is 2.68. The van der Waals surface area contributed by atoms with Gasteiger partial charge >= 0.3 is 6.03 Å². The zero-order valence-electron chi connectivity index (χ0n) is 16.1. The molecule has 0 saturated carbocycles. The number of ketones is 1. The molecule has 1 heterocycles. The number of hydrogen-bond acceptors (Lipinski definition) is 6. The van der Waals surface area contributed by atoms with Gasteiger partial charge in [-0.1, -0.05) is 30.3 Å². The van der Waals surface area contributed by atoms with E-state index in [9.17, 15) is 19.8 Å². The number of primary amides is 1. The van der Waals surface area contributed by atoms with Crippen molar-refractivity contribution in [1.29, 1.82) is 0 Å². The molecule has 2 amide bonds. The number of ether oxygens (including phenoxy) is 1. The van der Waals surface area contributed by atoms with Crippen molar-refractivity contribution < 1.29 is 24.5 Å². The molecule has 1 aliphatic rings. The van der Waals surface area contributed by atoms with Crippen LogP contribution in [0.5, 0.6) is 0 Å². The van der Waals surface area contributed by atoms with Gasteiger partial charge in [0.1, 0.15) is 0 Å². The second-order valence-electron chi connectivity index (χ2n) is 7.29. The predicted octanol–water partition coefficient (Wildman–Crippen LogP) is 0.265. The van der Waals surface area contributed by atoms with Gasteiger partial charge in [-0.05, 0) is 24.9 Å². The number of carbonyl (C=O) groups excluding carboxylic acids is 2. The van der Waals surface area contributed by atoms with Gasteiger partial charge in [0.15, 0.2) is 5.78 Å². The molecular weight excluding hydrogens is 362 g/mol. The summed E-state index contributed by atoms with van der Waals surface area (Å²) in [6.45, 7) is 2.60. The monoisotopic (exact) mass is 393 g/mol. The summed E-state index contributed by atoms with van der Waals surface area (Å²) in [5, 5.41) is 22.7. The molecule has 0 aliphatic carbocycles. The van der Waals surface area contributed by atoms with E-state index in [1.165, 1.54) is 0 Å². The van der Waals surface area contributed by atoms with Gasteiger partial charge in [-0.25, -0.2) is 4.79 Å². The quantitative estimate of drug-likeness (QED) is 0.400. The van der Waals surface area contributed by atoms with Crippen LogP contribution in [0.2, 0.25) is 0 Å². The second kappa shape index (κ2) is 11.8. The van der Waals surface area contributed by atoms with Crippen LogP contribution in [0.4, 0.5) is 4.79 Å². The number of aliphatic hydroxyl groups is 2. The van der Waals surface area contributed by atoms with Crippen LogP contribution >= 0.6 is 0 Å². The number of carbonyl (C=O) groups is 2. The molecule has 0 unspecified atom stereocenters. The van der Waals surface area contributed by atoms with Gasteiger partial charge in [-0.2, -0.15) is 0 Å². The molecule has 8 heteroatoms. The van der Waals surface area contributed by atoms with E-state index in [1.807, 2.05) is 30.3 Å². The number of hydrogen-bond donors (Lipinski definition) is 4. The van der Waals surface area contributed by atoms with Gasteiger partial charge in [0.05, 0.1) is 32.0 Å². The summed E-state index contributed by atoms with van der Waals surface area (Å²) in [5.41, 5.74) is 6.00. The summed E-state index contributed by atoms with van der Waals surface area (Å²) in [6, 6.07) is 9.12. The Balaban J connectivity index is 1.67. The van der Waals surface area contributed by atoms with Gasteiger partial charge in [-0.15, -0.1) is 0 Å². The molecule has 0 radical (unpaired) electrons. The Hall–Kier alpha value is -2.00. The van der Waals surface area contributed by atoms with Crippen LogP contribution < -0.4 is 11.1 Å². The number of amides is 2. The summed E-state index contributed by atoms with van der Waals surface area (Å²) < 4.78 is 5.74. The molecular formula is C20H31N3O5. The molecule has 0 bridgehead atoms. The van der Waals surface area contributed by atoms with Gasteiger partial charge in [0.25, 0.3) is 0 Å². The number of Topliss-reactive ketones (excluding diaryl/α,β-unsaturated/α-hetero) is 1. The number of benzene rings is 1. The fourth-order valence-electron chi connectivity index (χ4n) is 3.37. The van der Waals surface area contributed by atoms with Gasteiger partial charge in [-0.3, -0.25) is 4.79 Å². The first-order chi connectivity index (χ1) is 13.5. The van der Waals surface area contributed by atoms with Crippen LogP contribution in [0.1, 0.15) is 24.8 Å². The highest BCUT2D eigenvalue weighted by atomic mass is 16.5. The molecule has 1 aliphatic heterocycles. The summed E-state index contributed by atoms with van der Waals surface area (Å²) >= 11 is 0. The molecule has 1 aromatic carbocycles. The maximum Gasteiger partial charge on any atom is 0.312 e. The van der Waals surface area contributed by atoms with Gasteiger partial charge in [0, 0.05) is 25.4 Å². The number of likely N-dealkylation sites (tertiary alicyclic amines) is 1. The Morgan fingerprint density at radius 3 is 2.64 bits per heavy atom. The van der Waals surface area contributed by atoms with E-state index in [2.05, 4.69) is 10.2 Å². The lowest BCUT2D eigenvalue weighted by atomic mass is 9.93. The minimum atomic E-state index is -0.805. The van der Waals surface area contributed by atoms with Crippen LogP contribution in [0.3, 0.4) is 0 Å². The molecule has 1 saturated heterocycles. The third-order valence-corrected chi connectivity index (χ3v) is 4.90. The Morgan fingerprint density at radius 1 is 1.18 bits per heavy atom. The zero-order valence-corrected chi connectivity index (χ0v) is 16.1. The van der Waals surface area contributed by atoms with E-state index in [1.54, 1.807) is 0 Å². The molecule has 28 heavy (non-hydrogen) atoms. The van der Waals surface area contributed by atoms with Crippen LogP contribution in [0, 0.1) is 5.92 Å². The average molecular weight is 393 g/mol. The van der Waals surface area contributed by atoms with Crippen molar-refractivity contribution in [3.63, 3.8) is 0 Å². The topological polar surface area (TPSA) is 125 Å². The fourth-order valence-corrected chi connectivity index (χ4v) is 3.37. The lowest BCUT2D eigenvalue weighted by Crippen LogP contribution is -2.53. The van der Waals surface area contributed by atoms with Crippen LogP contribution in [-0.4, -0.2) is 71.9 Å². The second-order valence-corrected chi connectivity index (χ2v) is 7.29. The van der Waals surface area contributed by atoms with Crippen LogP contribution in [0.25, 0.3) is 0 Å². The van der Waals surface area contributed by atoms with E-state index in [4.69, 9.17) is 10.5 Å². The molecule has 1 aromatic rings. The Bertz CT molecular complexity index is 613. The standard InChI is InChI=1S/C20H31N3O5/c21-20(27)22-10-17(24)8-4-5-9-23-11-16(19(26)18(25)12-23)14-28-13-15-6-2-1-3-7-15/h1-3,6-7,16,18-19,25-26H,4-5,8-14H2,(H3,21,22,27)/t16-,18-,19-/m1/s1. The molecule has 1 fully saturated rings. The van der Waals surface area contributed by atoms with E-state index < -0.39 is 18.2 Å². The van der Waals surface area contributed by atoms with Crippen molar-refractivity contribution >= 4 is 11.8 Å². The summed E-state index contributed by atoms with van der Waals surface area (Å²) in [5.74, 6) is -0.214. The van der Waals surface area contributed by atoms with E-state index in [-0.39, 0.29) is 18.2 Å². The van der Waals surface area contributed by atoms with Crippen LogP contribution in [0.15, 0.2) is 30.3 Å². The minimum Gasteiger partial charge on any atom is -0.390 e. The van der Waals surface area contributed by atoms with E-state index in [0.29, 0.717) is 39.1 Å². The summed E-state index contributed by atoms with van der Waals surface area (Å²) in [7, 11) is 0. The van der Waals surface area contributed by atoms with E-state index >= 15 is 0 Å². The minimum absolute atomic E-state index is 0.0369. The predicted molar refractivity (Wildman–Crippen MR) is 104 cm³/mol. The number of aliphatic hydroxyl groups excluding tert-OH is 2. The smallest absolute Gasteiger partial charge is 0.312 e. The number of nitrogens with one attached hydrogen (secondary N) is 1. The maximum atomic E-state index is 11.6. The number of nitrogens with two attached hydrogens (primary N) is 1. The normalized spacial score (nSPS) is 22.7. The molecule has 0 spiro atoms. The molecule has 0 aromatic heterocycles. The first kappa shape index (κ1) is 22.3. The first-order valence-corrected chi connectivity index (χ1v) is 9.71. The van der Waals surface area contributed by atoms with Crippen molar-refractivity contribution in [3.8, 4) is 0 Å². The van der Waals surface area contributed by atoms with Crippen molar-refractivity contribution in [2.24, 2.45) is 11.7 Å². The Morgan fingerprint density at radius 2 is 1.93 bits per heavy atom. The number of urea groups is 1. The van der Waals surface area contributed by atoms with Gasteiger partial charge in [0.2, 0.25) is 0 Å². The molecule has 3 atom stereocenters. The van der Waals surface area contributed by atoms with Crippen LogP contribution in [-0.2, 0) is 16.1 Å². The SMILES string of the molecule is NC(=O)NCC(=O)CCCCN1C[C@H](COCc2ccccc2)[C@@H](O)[C@H](O)C1. The first-order valence-electron chi connectivity index (χ1n) is 9.71. The summed E-state index contributed by atoms with van der Waals surface area (Å²) in [4.78, 5) is 24.3. The third-order valence-electron chi connectivity index (χ3n) is 4.90. The Labute approximate surface area is 165 Å². The highest BCUT2D eigenvalue weighted by Crippen LogP contribution is 2.19. The largest absolute Gasteiger partial charge is 0.390 e. The maximum absolute atomic E-state index is 11.6. The zero-order chi connectivity index (χ0) is 20.4. The molecule has 156 valence electrons. The van der Waals surface area contributed by atoms with Crippen molar-refractivity contribution in [2.75, 3.05) is 32.8 Å². The third kappa shape index (κ3) is 7.93. The molecule has 8 nitrogen and oxygen atoms in total.